The number of benzene rings is 2. The summed E-state index contributed by atoms with van der Waals surface area (Å²) >= 11 is 1.27. The van der Waals surface area contributed by atoms with Gasteiger partial charge in [0, 0.05) is 38.4 Å². The van der Waals surface area contributed by atoms with Crippen molar-refractivity contribution < 1.29 is 13.2 Å². The Bertz CT molecular complexity index is 1190. The summed E-state index contributed by atoms with van der Waals surface area (Å²) < 4.78 is 26.4. The van der Waals surface area contributed by atoms with Crippen molar-refractivity contribution in [3.05, 3.63) is 54.1 Å². The topological polar surface area (TPSA) is 95.5 Å². The SMILES string of the molecule is CN(C)S(=O)(=O)c1ccc(N2CCCC2)c(C(=O)Nc2nnc(-c3ccccc3)s2)c1. The Hall–Kier alpha value is -2.82. The van der Waals surface area contributed by atoms with Crippen LogP contribution in [0.2, 0.25) is 0 Å². The fourth-order valence-corrected chi connectivity index (χ4v) is 5.11. The van der Waals surface area contributed by atoms with Crippen molar-refractivity contribution in [1.82, 2.24) is 14.5 Å². The van der Waals surface area contributed by atoms with Gasteiger partial charge in [-0.25, -0.2) is 12.7 Å². The molecular formula is C21H23N5O3S2. The molecule has 31 heavy (non-hydrogen) atoms. The quantitative estimate of drug-likeness (QED) is 0.610. The molecule has 4 rings (SSSR count). The number of hydrogen-bond donors (Lipinski definition) is 1. The molecule has 2 heterocycles. The highest BCUT2D eigenvalue weighted by Gasteiger charge is 2.25. The van der Waals surface area contributed by atoms with E-state index >= 15 is 0 Å². The van der Waals surface area contributed by atoms with Crippen LogP contribution in [-0.4, -0.2) is 56.0 Å². The number of carbonyl (C=O) groups excluding carboxylic acids is 1. The van der Waals surface area contributed by atoms with Crippen LogP contribution in [0.1, 0.15) is 23.2 Å². The molecule has 0 aliphatic carbocycles. The first-order valence-electron chi connectivity index (χ1n) is 9.88. The van der Waals surface area contributed by atoms with E-state index in [0.29, 0.717) is 15.7 Å². The Morgan fingerprint density at radius 2 is 1.77 bits per heavy atom. The molecule has 0 spiro atoms. The largest absolute Gasteiger partial charge is 0.371 e. The van der Waals surface area contributed by atoms with E-state index in [1.807, 2.05) is 30.3 Å². The van der Waals surface area contributed by atoms with E-state index in [0.717, 1.165) is 41.5 Å². The summed E-state index contributed by atoms with van der Waals surface area (Å²) in [6.45, 7) is 1.66. The first-order valence-corrected chi connectivity index (χ1v) is 12.1. The van der Waals surface area contributed by atoms with Crippen molar-refractivity contribution >= 4 is 38.1 Å². The second-order valence-electron chi connectivity index (χ2n) is 7.39. The van der Waals surface area contributed by atoms with Crippen LogP contribution in [0, 0.1) is 0 Å². The van der Waals surface area contributed by atoms with E-state index in [1.165, 1.54) is 31.5 Å². The van der Waals surface area contributed by atoms with Gasteiger partial charge in [0.15, 0.2) is 0 Å². The third kappa shape index (κ3) is 4.46. The molecule has 1 fully saturated rings. The Balaban J connectivity index is 1.66. The molecular weight excluding hydrogens is 434 g/mol. The van der Waals surface area contributed by atoms with Crippen molar-refractivity contribution in [2.24, 2.45) is 0 Å². The number of hydrogen-bond acceptors (Lipinski definition) is 7. The van der Waals surface area contributed by atoms with Gasteiger partial charge in [0.25, 0.3) is 5.91 Å². The Kier molecular flexibility index (Phi) is 6.03. The molecule has 10 heteroatoms. The highest BCUT2D eigenvalue weighted by molar-refractivity contribution is 7.89. The van der Waals surface area contributed by atoms with Crippen LogP contribution in [0.15, 0.2) is 53.4 Å². The van der Waals surface area contributed by atoms with Crippen molar-refractivity contribution in [1.29, 1.82) is 0 Å². The smallest absolute Gasteiger partial charge is 0.259 e. The minimum Gasteiger partial charge on any atom is -0.371 e. The molecule has 0 atom stereocenters. The van der Waals surface area contributed by atoms with E-state index in [9.17, 15) is 13.2 Å². The Morgan fingerprint density at radius 1 is 1.06 bits per heavy atom. The number of amides is 1. The maximum absolute atomic E-state index is 13.2. The monoisotopic (exact) mass is 457 g/mol. The van der Waals surface area contributed by atoms with Crippen LogP contribution in [0.4, 0.5) is 10.8 Å². The van der Waals surface area contributed by atoms with Crippen LogP contribution >= 0.6 is 11.3 Å². The normalized spacial score (nSPS) is 14.2. The third-order valence-electron chi connectivity index (χ3n) is 5.10. The molecule has 0 bridgehead atoms. The van der Waals surface area contributed by atoms with Gasteiger partial charge in [0.2, 0.25) is 15.2 Å². The molecule has 1 aliphatic rings. The summed E-state index contributed by atoms with van der Waals surface area (Å²) in [7, 11) is -0.732. The minimum atomic E-state index is -3.67. The summed E-state index contributed by atoms with van der Waals surface area (Å²) in [4.78, 5) is 15.4. The van der Waals surface area contributed by atoms with Gasteiger partial charge in [-0.1, -0.05) is 41.7 Å². The molecule has 2 aromatic carbocycles. The standard InChI is InChI=1S/C21H23N5O3S2/c1-25(2)31(28,29)16-10-11-18(26-12-6-7-13-26)17(14-16)19(27)22-21-24-23-20(30-21)15-8-4-3-5-9-15/h3-5,8-11,14H,6-7,12-13H2,1-2H3,(H,22,24,27). The van der Waals surface area contributed by atoms with E-state index in [1.54, 1.807) is 12.1 Å². The predicted octanol–water partition coefficient (Wildman–Crippen LogP) is 3.31. The van der Waals surface area contributed by atoms with Gasteiger partial charge in [0.1, 0.15) is 5.01 Å². The van der Waals surface area contributed by atoms with Gasteiger partial charge in [-0.15, -0.1) is 10.2 Å². The van der Waals surface area contributed by atoms with Crippen LogP contribution < -0.4 is 10.2 Å². The number of carbonyl (C=O) groups is 1. The lowest BCUT2D eigenvalue weighted by Crippen LogP contribution is -2.25. The molecule has 1 N–H and O–H groups in total. The average Bonchev–Trinajstić information content (AvgIpc) is 3.46. The molecule has 3 aromatic rings. The van der Waals surface area contributed by atoms with Gasteiger partial charge in [-0.05, 0) is 31.0 Å². The fourth-order valence-electron chi connectivity index (χ4n) is 3.44. The molecule has 1 aromatic heterocycles. The molecule has 162 valence electrons. The lowest BCUT2D eigenvalue weighted by atomic mass is 10.1. The Labute approximate surface area is 185 Å². The van der Waals surface area contributed by atoms with Crippen LogP contribution in [0.5, 0.6) is 0 Å². The van der Waals surface area contributed by atoms with E-state index in [-0.39, 0.29) is 4.90 Å². The molecule has 0 radical (unpaired) electrons. The van der Waals surface area contributed by atoms with E-state index in [4.69, 9.17) is 0 Å². The number of aromatic nitrogens is 2. The van der Waals surface area contributed by atoms with Crippen LogP contribution in [-0.2, 0) is 10.0 Å². The molecule has 1 amide bonds. The van der Waals surface area contributed by atoms with Gasteiger partial charge >= 0.3 is 0 Å². The number of rotatable bonds is 6. The molecule has 0 saturated carbocycles. The second-order valence-corrected chi connectivity index (χ2v) is 10.5. The first kappa shape index (κ1) is 21.4. The van der Waals surface area contributed by atoms with E-state index < -0.39 is 15.9 Å². The number of nitrogens with zero attached hydrogens (tertiary/aromatic N) is 4. The summed E-state index contributed by atoms with van der Waals surface area (Å²) in [6, 6.07) is 14.3. The van der Waals surface area contributed by atoms with Crippen molar-refractivity contribution in [3.63, 3.8) is 0 Å². The second kappa shape index (κ2) is 8.74. The summed E-state index contributed by atoms with van der Waals surface area (Å²) in [5, 5.41) is 12.1. The third-order valence-corrected chi connectivity index (χ3v) is 7.80. The maximum Gasteiger partial charge on any atom is 0.259 e. The number of nitrogens with one attached hydrogen (secondary N) is 1. The fraction of sp³-hybridized carbons (Fsp3) is 0.286. The highest BCUT2D eigenvalue weighted by atomic mass is 32.2. The maximum atomic E-state index is 13.2. The zero-order chi connectivity index (χ0) is 22.0. The van der Waals surface area contributed by atoms with Crippen molar-refractivity contribution in [3.8, 4) is 10.6 Å². The first-order chi connectivity index (χ1) is 14.9. The zero-order valence-corrected chi connectivity index (χ0v) is 18.9. The molecule has 1 saturated heterocycles. The number of anilines is 2. The summed E-state index contributed by atoms with van der Waals surface area (Å²) in [5.74, 6) is -0.409. The van der Waals surface area contributed by atoms with Gasteiger partial charge in [-0.2, -0.15) is 0 Å². The van der Waals surface area contributed by atoms with Crippen LogP contribution in [0.3, 0.4) is 0 Å². The molecule has 8 nitrogen and oxygen atoms in total. The zero-order valence-electron chi connectivity index (χ0n) is 17.3. The van der Waals surface area contributed by atoms with E-state index in [2.05, 4.69) is 20.4 Å². The average molecular weight is 458 g/mol. The Morgan fingerprint density at radius 3 is 2.45 bits per heavy atom. The lowest BCUT2D eigenvalue weighted by Gasteiger charge is -2.22. The van der Waals surface area contributed by atoms with Gasteiger partial charge in [0.05, 0.1) is 10.5 Å². The summed E-state index contributed by atoms with van der Waals surface area (Å²) in [6.07, 6.45) is 2.07. The minimum absolute atomic E-state index is 0.0767. The van der Waals surface area contributed by atoms with Crippen LogP contribution in [0.25, 0.3) is 10.6 Å². The van der Waals surface area contributed by atoms with Crippen molar-refractivity contribution in [2.75, 3.05) is 37.4 Å². The predicted molar refractivity (Wildman–Crippen MR) is 122 cm³/mol. The summed E-state index contributed by atoms with van der Waals surface area (Å²) in [5.41, 5.74) is 1.94. The lowest BCUT2D eigenvalue weighted by molar-refractivity contribution is 0.102. The van der Waals surface area contributed by atoms with Gasteiger partial charge in [-0.3, -0.25) is 10.1 Å². The van der Waals surface area contributed by atoms with Gasteiger partial charge < -0.3 is 4.90 Å². The molecule has 0 unspecified atom stereocenters. The number of sulfonamides is 1. The molecule has 1 aliphatic heterocycles. The highest BCUT2D eigenvalue weighted by Crippen LogP contribution is 2.30. The van der Waals surface area contributed by atoms with Crippen molar-refractivity contribution in [2.45, 2.75) is 17.7 Å².